The maximum absolute atomic E-state index is 12.0. The zero-order chi connectivity index (χ0) is 22.7. The maximum Gasteiger partial charge on any atom is 0.415 e. The van der Waals surface area contributed by atoms with E-state index < -0.39 is 0 Å². The normalized spacial score (nSPS) is 16.6. The number of fused-ring (bicyclic) bond motifs is 1. The fourth-order valence-corrected chi connectivity index (χ4v) is 4.07. The van der Waals surface area contributed by atoms with E-state index in [1.54, 1.807) is 6.20 Å². The van der Waals surface area contributed by atoms with Gasteiger partial charge >= 0.3 is 6.09 Å². The number of cyclic esters (lactones) is 1. The molecule has 1 saturated heterocycles. The molecule has 2 aromatic rings. The second kappa shape index (κ2) is 9.38. The number of aryl methyl sites for hydroxylation is 1. The Morgan fingerprint density at radius 1 is 1.34 bits per heavy atom. The number of nitrogens with zero attached hydrogens (tertiary/aromatic N) is 4. The number of carbonyl (C=O) groups is 2. The minimum absolute atomic E-state index is 0.0119. The van der Waals surface area contributed by atoms with E-state index in [0.717, 1.165) is 37.1 Å². The monoisotopic (exact) mass is 435 g/mol. The van der Waals surface area contributed by atoms with Crippen LogP contribution in [0.25, 0.3) is 0 Å². The number of ether oxygens (including phenoxy) is 1. The van der Waals surface area contributed by atoms with Crippen molar-refractivity contribution in [1.82, 2.24) is 14.9 Å². The largest absolute Gasteiger partial charge is 0.444 e. The Kier molecular flexibility index (Phi) is 6.39. The second-order valence-corrected chi connectivity index (χ2v) is 8.30. The van der Waals surface area contributed by atoms with E-state index >= 15 is 0 Å². The fraction of sp³-hybridized carbons (Fsp3) is 0.417. The van der Waals surface area contributed by atoms with Crippen LogP contribution in [0.5, 0.6) is 0 Å². The van der Waals surface area contributed by atoms with Crippen LogP contribution in [0, 0.1) is 5.92 Å². The lowest BCUT2D eigenvalue weighted by molar-refractivity contribution is -0.132. The molecule has 1 aromatic heterocycles. The summed E-state index contributed by atoms with van der Waals surface area (Å²) in [6, 6.07) is 8.56. The van der Waals surface area contributed by atoms with E-state index in [1.807, 2.05) is 11.8 Å². The molecule has 1 aromatic carbocycles. The van der Waals surface area contributed by atoms with Crippen LogP contribution in [0.4, 0.5) is 16.6 Å². The van der Waals surface area contributed by atoms with E-state index in [9.17, 15) is 9.59 Å². The molecule has 2 amide bonds. The molecule has 2 aliphatic rings. The molecule has 0 saturated carbocycles. The average Bonchev–Trinajstić information content (AvgIpc) is 2.78. The zero-order valence-electron chi connectivity index (χ0n) is 18.6. The molecular weight excluding hydrogens is 406 g/mol. The van der Waals surface area contributed by atoms with Gasteiger partial charge in [0, 0.05) is 25.8 Å². The predicted molar refractivity (Wildman–Crippen MR) is 122 cm³/mol. The van der Waals surface area contributed by atoms with Crippen LogP contribution >= 0.6 is 0 Å². The van der Waals surface area contributed by atoms with Gasteiger partial charge in [-0.15, -0.1) is 0 Å². The molecule has 4 rings (SSSR count). The quantitative estimate of drug-likeness (QED) is 0.636. The third-order valence-corrected chi connectivity index (χ3v) is 6.10. The maximum atomic E-state index is 12.0. The third-order valence-electron chi connectivity index (χ3n) is 6.10. The summed E-state index contributed by atoms with van der Waals surface area (Å²) in [5.74, 6) is 1.68. The van der Waals surface area contributed by atoms with Crippen LogP contribution in [0.3, 0.4) is 0 Å². The standard InChI is InChI=1S/C24H29N5O3/c1-4-21(30)28-13-18(14-28)7-6-17-8-10-19(11-9-17)16(3)26-23-25-12-20-15-32-24(31)29(5-2)22(20)27-23/h4,8-12,16,18H,1,5-7,13-15H2,2-3H3,(H,25,26,27)/t16-/m0/s1. The molecule has 0 spiro atoms. The fourth-order valence-electron chi connectivity index (χ4n) is 4.07. The number of anilines is 2. The van der Waals surface area contributed by atoms with Crippen molar-refractivity contribution in [2.75, 3.05) is 29.9 Å². The summed E-state index contributed by atoms with van der Waals surface area (Å²) in [6.07, 6.45) is 4.79. The number of benzene rings is 1. The highest BCUT2D eigenvalue weighted by Crippen LogP contribution is 2.27. The molecule has 0 unspecified atom stereocenters. The first-order chi connectivity index (χ1) is 15.5. The van der Waals surface area contributed by atoms with Crippen LogP contribution in [-0.2, 0) is 22.6 Å². The van der Waals surface area contributed by atoms with Crippen LogP contribution in [0.1, 0.15) is 43.0 Å². The first-order valence-electron chi connectivity index (χ1n) is 11.1. The van der Waals surface area contributed by atoms with Gasteiger partial charge in [0.05, 0.1) is 11.6 Å². The van der Waals surface area contributed by atoms with Gasteiger partial charge in [-0.2, -0.15) is 4.98 Å². The summed E-state index contributed by atoms with van der Waals surface area (Å²) in [4.78, 5) is 35.8. The Balaban J connectivity index is 1.32. The van der Waals surface area contributed by atoms with E-state index in [1.165, 1.54) is 16.5 Å². The van der Waals surface area contributed by atoms with Crippen molar-refractivity contribution in [3.8, 4) is 0 Å². The highest BCUT2D eigenvalue weighted by molar-refractivity contribution is 5.89. The van der Waals surface area contributed by atoms with Crippen LogP contribution in [0.2, 0.25) is 0 Å². The number of carbonyl (C=O) groups excluding carboxylic acids is 2. The second-order valence-electron chi connectivity index (χ2n) is 8.30. The molecule has 2 aliphatic heterocycles. The van der Waals surface area contributed by atoms with Crippen molar-refractivity contribution < 1.29 is 14.3 Å². The SMILES string of the molecule is C=CC(=O)N1CC(CCc2ccc([C@H](C)Nc3ncc4c(n3)N(CC)C(=O)OC4)cc2)C1. The number of hydrogen-bond acceptors (Lipinski definition) is 6. The van der Waals surface area contributed by atoms with Gasteiger partial charge in [0.2, 0.25) is 11.9 Å². The van der Waals surface area contributed by atoms with E-state index in [-0.39, 0.29) is 24.6 Å². The summed E-state index contributed by atoms with van der Waals surface area (Å²) < 4.78 is 5.14. The van der Waals surface area contributed by atoms with Crippen molar-refractivity contribution in [1.29, 1.82) is 0 Å². The molecule has 8 nitrogen and oxygen atoms in total. The van der Waals surface area contributed by atoms with Gasteiger partial charge in [0.1, 0.15) is 12.4 Å². The molecule has 1 atom stereocenters. The average molecular weight is 436 g/mol. The van der Waals surface area contributed by atoms with Gasteiger partial charge in [-0.1, -0.05) is 30.8 Å². The Labute approximate surface area is 188 Å². The molecule has 3 heterocycles. The molecule has 0 bridgehead atoms. The van der Waals surface area contributed by atoms with Gasteiger partial charge in [0.25, 0.3) is 0 Å². The molecule has 0 radical (unpaired) electrons. The molecule has 0 aliphatic carbocycles. The minimum atomic E-state index is -0.379. The van der Waals surface area contributed by atoms with Gasteiger partial charge in [-0.25, -0.2) is 9.78 Å². The smallest absolute Gasteiger partial charge is 0.415 e. The third kappa shape index (κ3) is 4.59. The summed E-state index contributed by atoms with van der Waals surface area (Å²) in [5, 5.41) is 3.33. The lowest BCUT2D eigenvalue weighted by Crippen LogP contribution is -2.49. The Hall–Kier alpha value is -3.42. The van der Waals surface area contributed by atoms with Crippen LogP contribution < -0.4 is 10.2 Å². The first kappa shape index (κ1) is 21.8. The van der Waals surface area contributed by atoms with Crippen molar-refractivity contribution in [2.45, 2.75) is 39.3 Å². The Morgan fingerprint density at radius 3 is 2.78 bits per heavy atom. The van der Waals surface area contributed by atoms with Gasteiger partial charge in [0.15, 0.2) is 0 Å². The highest BCUT2D eigenvalue weighted by Gasteiger charge is 2.29. The van der Waals surface area contributed by atoms with Crippen LogP contribution in [0.15, 0.2) is 43.1 Å². The van der Waals surface area contributed by atoms with Gasteiger partial charge in [-0.3, -0.25) is 9.69 Å². The minimum Gasteiger partial charge on any atom is -0.444 e. The van der Waals surface area contributed by atoms with Gasteiger partial charge in [-0.05, 0) is 49.8 Å². The van der Waals surface area contributed by atoms with Crippen molar-refractivity contribution in [3.05, 3.63) is 59.8 Å². The molecule has 32 heavy (non-hydrogen) atoms. The zero-order valence-corrected chi connectivity index (χ0v) is 18.6. The number of nitrogens with one attached hydrogen (secondary N) is 1. The van der Waals surface area contributed by atoms with Crippen molar-refractivity contribution >= 4 is 23.8 Å². The Bertz CT molecular complexity index is 1000. The number of hydrogen-bond donors (Lipinski definition) is 1. The molecular formula is C24H29N5O3. The lowest BCUT2D eigenvalue weighted by Gasteiger charge is -2.38. The van der Waals surface area contributed by atoms with E-state index in [4.69, 9.17) is 4.74 Å². The van der Waals surface area contributed by atoms with Crippen LogP contribution in [-0.4, -0.2) is 46.5 Å². The van der Waals surface area contributed by atoms with Gasteiger partial charge < -0.3 is 15.0 Å². The molecule has 1 fully saturated rings. The number of amides is 2. The predicted octanol–water partition coefficient (Wildman–Crippen LogP) is 3.70. The topological polar surface area (TPSA) is 87.7 Å². The van der Waals surface area contributed by atoms with E-state index in [2.05, 4.69) is 53.1 Å². The number of likely N-dealkylation sites (tertiary alicyclic amines) is 1. The summed E-state index contributed by atoms with van der Waals surface area (Å²) in [5.41, 5.74) is 3.22. The van der Waals surface area contributed by atoms with E-state index in [0.29, 0.717) is 24.2 Å². The first-order valence-corrected chi connectivity index (χ1v) is 11.1. The number of rotatable bonds is 8. The molecule has 168 valence electrons. The molecule has 1 N–H and O–H groups in total. The lowest BCUT2D eigenvalue weighted by atomic mass is 9.92. The van der Waals surface area contributed by atoms with Crippen molar-refractivity contribution in [2.24, 2.45) is 5.92 Å². The molecule has 8 heteroatoms. The summed E-state index contributed by atoms with van der Waals surface area (Å²) >= 11 is 0. The Morgan fingerprint density at radius 2 is 2.09 bits per heavy atom. The van der Waals surface area contributed by atoms with Crippen molar-refractivity contribution in [3.63, 3.8) is 0 Å². The highest BCUT2D eigenvalue weighted by atomic mass is 16.6. The summed E-state index contributed by atoms with van der Waals surface area (Å²) in [6.45, 7) is 9.83. The number of aromatic nitrogens is 2. The summed E-state index contributed by atoms with van der Waals surface area (Å²) in [7, 11) is 0.